The molecule has 16 heavy (non-hydrogen) atoms. The Bertz CT molecular complexity index is 389. The SMILES string of the molecule is Cc1cc(C(C)(C)C)cc(C(C)(C)C)c1S. The van der Waals surface area contributed by atoms with E-state index in [9.17, 15) is 0 Å². The third-order valence-corrected chi connectivity index (χ3v) is 3.57. The first-order valence-corrected chi connectivity index (χ1v) is 6.33. The van der Waals surface area contributed by atoms with Crippen LogP contribution in [0.1, 0.15) is 58.2 Å². The summed E-state index contributed by atoms with van der Waals surface area (Å²) in [7, 11) is 0. The monoisotopic (exact) mass is 236 g/mol. The van der Waals surface area contributed by atoms with Crippen LogP contribution in [0.25, 0.3) is 0 Å². The van der Waals surface area contributed by atoms with Crippen molar-refractivity contribution in [3.63, 3.8) is 0 Å². The summed E-state index contributed by atoms with van der Waals surface area (Å²) in [6, 6.07) is 4.58. The number of rotatable bonds is 0. The van der Waals surface area contributed by atoms with E-state index in [-0.39, 0.29) is 10.8 Å². The number of benzene rings is 1. The Morgan fingerprint density at radius 2 is 1.38 bits per heavy atom. The summed E-state index contributed by atoms with van der Waals surface area (Å²) in [6.45, 7) is 15.6. The molecule has 0 amide bonds. The molecule has 0 spiro atoms. The largest absolute Gasteiger partial charge is 0.143 e. The molecule has 1 heteroatoms. The second kappa shape index (κ2) is 4.10. The predicted octanol–water partition coefficient (Wildman–Crippen LogP) is 4.88. The molecular formula is C15H24S. The average molecular weight is 236 g/mol. The highest BCUT2D eigenvalue weighted by Gasteiger charge is 2.22. The fourth-order valence-electron chi connectivity index (χ4n) is 1.78. The van der Waals surface area contributed by atoms with Crippen LogP contribution >= 0.6 is 12.6 Å². The maximum absolute atomic E-state index is 4.65. The van der Waals surface area contributed by atoms with Crippen molar-refractivity contribution in [1.82, 2.24) is 0 Å². The Morgan fingerprint density at radius 1 is 0.875 bits per heavy atom. The molecule has 0 fully saturated rings. The van der Waals surface area contributed by atoms with Crippen molar-refractivity contribution in [2.24, 2.45) is 0 Å². The normalized spacial score (nSPS) is 13.0. The van der Waals surface area contributed by atoms with E-state index in [0.29, 0.717) is 0 Å². The van der Waals surface area contributed by atoms with E-state index in [1.807, 2.05) is 0 Å². The quantitative estimate of drug-likeness (QED) is 0.610. The highest BCUT2D eigenvalue weighted by molar-refractivity contribution is 7.80. The van der Waals surface area contributed by atoms with Gasteiger partial charge in [0.15, 0.2) is 0 Å². The van der Waals surface area contributed by atoms with Gasteiger partial charge in [-0.3, -0.25) is 0 Å². The van der Waals surface area contributed by atoms with E-state index >= 15 is 0 Å². The molecule has 0 saturated carbocycles. The molecule has 0 aromatic heterocycles. The van der Waals surface area contributed by atoms with Crippen LogP contribution in [-0.4, -0.2) is 0 Å². The van der Waals surface area contributed by atoms with Gasteiger partial charge in [0.05, 0.1) is 0 Å². The molecule has 0 heterocycles. The summed E-state index contributed by atoms with van der Waals surface area (Å²) < 4.78 is 0. The lowest BCUT2D eigenvalue weighted by Crippen LogP contribution is -2.17. The number of hydrogen-bond acceptors (Lipinski definition) is 1. The first-order chi connectivity index (χ1) is 7.03. The summed E-state index contributed by atoms with van der Waals surface area (Å²) >= 11 is 4.65. The summed E-state index contributed by atoms with van der Waals surface area (Å²) in [5.74, 6) is 0. The lowest BCUT2D eigenvalue weighted by Gasteiger charge is -2.27. The summed E-state index contributed by atoms with van der Waals surface area (Å²) in [5.41, 5.74) is 4.38. The van der Waals surface area contributed by atoms with Crippen LogP contribution in [0.15, 0.2) is 17.0 Å². The molecule has 0 aliphatic rings. The standard InChI is InChI=1S/C15H24S/c1-10-8-11(14(2,3)4)9-12(13(10)16)15(5,6)7/h8-9,16H,1-7H3. The minimum absolute atomic E-state index is 0.156. The van der Waals surface area contributed by atoms with Crippen molar-refractivity contribution in [3.05, 3.63) is 28.8 Å². The van der Waals surface area contributed by atoms with Crippen LogP contribution in [0, 0.1) is 6.92 Å². The van der Waals surface area contributed by atoms with E-state index in [0.717, 1.165) is 4.90 Å². The number of thiol groups is 1. The first-order valence-electron chi connectivity index (χ1n) is 5.88. The van der Waals surface area contributed by atoms with Gasteiger partial charge in [-0.2, -0.15) is 0 Å². The number of hydrogen-bond donors (Lipinski definition) is 1. The van der Waals surface area contributed by atoms with Crippen molar-refractivity contribution < 1.29 is 0 Å². The van der Waals surface area contributed by atoms with Gasteiger partial charge in [0, 0.05) is 4.90 Å². The van der Waals surface area contributed by atoms with Gasteiger partial charge in [-0.1, -0.05) is 53.7 Å². The molecule has 0 nitrogen and oxygen atoms in total. The maximum Gasteiger partial charge on any atom is 0.0107 e. The van der Waals surface area contributed by atoms with Crippen molar-refractivity contribution in [2.75, 3.05) is 0 Å². The lowest BCUT2D eigenvalue weighted by molar-refractivity contribution is 0.558. The fourth-order valence-corrected chi connectivity index (χ4v) is 2.25. The topological polar surface area (TPSA) is 0 Å². The predicted molar refractivity (Wildman–Crippen MR) is 75.8 cm³/mol. The van der Waals surface area contributed by atoms with Crippen LogP contribution in [0.4, 0.5) is 0 Å². The molecule has 0 aliphatic carbocycles. The molecule has 0 saturated heterocycles. The van der Waals surface area contributed by atoms with Gasteiger partial charge in [-0.25, -0.2) is 0 Å². The van der Waals surface area contributed by atoms with Gasteiger partial charge in [-0.15, -0.1) is 12.6 Å². The molecule has 1 rings (SSSR count). The summed E-state index contributed by atoms with van der Waals surface area (Å²) in [5, 5.41) is 0. The molecule has 90 valence electrons. The van der Waals surface area contributed by atoms with Crippen molar-refractivity contribution in [1.29, 1.82) is 0 Å². The molecule has 0 radical (unpaired) electrons. The van der Waals surface area contributed by atoms with Crippen molar-refractivity contribution >= 4 is 12.6 Å². The van der Waals surface area contributed by atoms with Crippen LogP contribution < -0.4 is 0 Å². The van der Waals surface area contributed by atoms with Gasteiger partial charge in [0.2, 0.25) is 0 Å². The highest BCUT2D eigenvalue weighted by atomic mass is 32.1. The Balaban J connectivity index is 3.46. The van der Waals surface area contributed by atoms with Gasteiger partial charge in [0.1, 0.15) is 0 Å². The molecule has 0 bridgehead atoms. The summed E-state index contributed by atoms with van der Waals surface area (Å²) in [4.78, 5) is 1.14. The van der Waals surface area contributed by atoms with E-state index < -0.39 is 0 Å². The van der Waals surface area contributed by atoms with Gasteiger partial charge in [0.25, 0.3) is 0 Å². The first kappa shape index (κ1) is 13.6. The molecule has 0 atom stereocenters. The lowest BCUT2D eigenvalue weighted by atomic mass is 9.79. The number of aryl methyl sites for hydroxylation is 1. The summed E-state index contributed by atoms with van der Waals surface area (Å²) in [6.07, 6.45) is 0. The fraction of sp³-hybridized carbons (Fsp3) is 0.600. The van der Waals surface area contributed by atoms with Gasteiger partial charge >= 0.3 is 0 Å². The van der Waals surface area contributed by atoms with E-state index in [4.69, 9.17) is 0 Å². The zero-order valence-electron chi connectivity index (χ0n) is 11.6. The zero-order valence-corrected chi connectivity index (χ0v) is 12.5. The molecule has 1 aromatic rings. The second-order valence-corrected chi connectivity index (χ2v) is 7.14. The zero-order chi connectivity index (χ0) is 12.7. The second-order valence-electron chi connectivity index (χ2n) is 6.69. The van der Waals surface area contributed by atoms with Crippen LogP contribution in [0.3, 0.4) is 0 Å². The Kier molecular flexibility index (Phi) is 3.50. The van der Waals surface area contributed by atoms with Gasteiger partial charge < -0.3 is 0 Å². The van der Waals surface area contributed by atoms with E-state index in [1.54, 1.807) is 0 Å². The van der Waals surface area contributed by atoms with Gasteiger partial charge in [-0.05, 0) is 34.4 Å². The Morgan fingerprint density at radius 3 is 1.75 bits per heavy atom. The molecule has 1 aromatic carbocycles. The van der Waals surface area contributed by atoms with E-state index in [1.165, 1.54) is 16.7 Å². The molecule has 0 unspecified atom stereocenters. The third kappa shape index (κ3) is 2.82. The van der Waals surface area contributed by atoms with Crippen LogP contribution in [0.2, 0.25) is 0 Å². The smallest absolute Gasteiger partial charge is 0.0107 e. The van der Waals surface area contributed by atoms with Crippen LogP contribution in [0.5, 0.6) is 0 Å². The minimum atomic E-state index is 0.156. The molecule has 0 N–H and O–H groups in total. The average Bonchev–Trinajstić information content (AvgIpc) is 2.05. The third-order valence-electron chi connectivity index (χ3n) is 2.97. The Hall–Kier alpha value is -0.430. The molecular weight excluding hydrogens is 212 g/mol. The van der Waals surface area contributed by atoms with Crippen molar-refractivity contribution in [3.8, 4) is 0 Å². The molecule has 0 aliphatic heterocycles. The minimum Gasteiger partial charge on any atom is -0.143 e. The Labute approximate surface area is 106 Å². The highest BCUT2D eigenvalue weighted by Crippen LogP contribution is 2.35. The van der Waals surface area contributed by atoms with E-state index in [2.05, 4.69) is 73.2 Å². The van der Waals surface area contributed by atoms with Crippen LogP contribution in [-0.2, 0) is 10.8 Å². The maximum atomic E-state index is 4.65. The van der Waals surface area contributed by atoms with Crippen molar-refractivity contribution in [2.45, 2.75) is 64.2 Å².